The molecule has 12 nitrogen and oxygen atoms in total. The molecule has 1 fully saturated rings. The number of aliphatic hydroxyl groups excluding tert-OH is 1. The number of ketones is 1. The number of alkyl halides is 2. The highest BCUT2D eigenvalue weighted by Gasteiger charge is 2.42. The Bertz CT molecular complexity index is 1670. The predicted octanol–water partition coefficient (Wildman–Crippen LogP) is 6.32. The second kappa shape index (κ2) is 16.1. The highest BCUT2D eigenvalue weighted by molar-refractivity contribution is 6.54. The van der Waals surface area contributed by atoms with Crippen LogP contribution in [0.2, 0.25) is 10.0 Å². The molecule has 4 rings (SSSR count). The van der Waals surface area contributed by atoms with Crippen LogP contribution in [0.15, 0.2) is 47.1 Å². The zero-order valence-corrected chi connectivity index (χ0v) is 30.5. The minimum Gasteiger partial charge on any atom is -0.444 e. The summed E-state index contributed by atoms with van der Waals surface area (Å²) in [6.45, 7) is 8.37. The smallest absolute Gasteiger partial charge is 0.411 e. The SMILES string of the molecule is CC(C)C(NC(=O)C1CC(O)CN1C(=O)OC(C)(C)C)C(=O)CCN(C(=O)C(Cl)Cl)c1ccnc(-c2cc(-c3c(Cl)cccc3Cl)no2)c1. The van der Waals surface area contributed by atoms with Gasteiger partial charge in [-0.25, -0.2) is 4.79 Å². The number of nitrogens with zero attached hydrogens (tertiary/aromatic N) is 4. The van der Waals surface area contributed by atoms with Gasteiger partial charge < -0.3 is 24.6 Å². The summed E-state index contributed by atoms with van der Waals surface area (Å²) >= 11 is 24.6. The zero-order valence-electron chi connectivity index (χ0n) is 27.5. The Morgan fingerprint density at radius 3 is 2.39 bits per heavy atom. The molecule has 264 valence electrons. The van der Waals surface area contributed by atoms with Gasteiger partial charge in [0.2, 0.25) is 5.91 Å². The van der Waals surface area contributed by atoms with Crippen molar-refractivity contribution in [3.8, 4) is 22.7 Å². The molecular formula is C33H37Cl4N5O7. The second-order valence-corrected chi connectivity index (χ2v) is 14.8. The number of halogens is 4. The van der Waals surface area contributed by atoms with Gasteiger partial charge in [0.25, 0.3) is 5.91 Å². The van der Waals surface area contributed by atoms with Crippen molar-refractivity contribution < 1.29 is 33.5 Å². The van der Waals surface area contributed by atoms with Gasteiger partial charge in [-0.05, 0) is 51.0 Å². The van der Waals surface area contributed by atoms with Crippen LogP contribution in [0.3, 0.4) is 0 Å². The van der Waals surface area contributed by atoms with Crippen molar-refractivity contribution in [1.82, 2.24) is 20.4 Å². The van der Waals surface area contributed by atoms with Crippen LogP contribution in [0, 0.1) is 5.92 Å². The van der Waals surface area contributed by atoms with Crippen molar-refractivity contribution >= 4 is 75.8 Å². The molecule has 1 aliphatic heterocycles. The summed E-state index contributed by atoms with van der Waals surface area (Å²) in [5, 5.41) is 17.8. The average Bonchev–Trinajstić information content (AvgIpc) is 3.66. The summed E-state index contributed by atoms with van der Waals surface area (Å²) in [6, 6.07) is 7.73. The number of carbonyl (C=O) groups excluding carboxylic acids is 4. The third-order valence-corrected chi connectivity index (χ3v) is 8.60. The molecule has 3 amide bonds. The number of hydrogen-bond donors (Lipinski definition) is 2. The molecule has 1 aromatic carbocycles. The van der Waals surface area contributed by atoms with E-state index in [1.807, 2.05) is 0 Å². The van der Waals surface area contributed by atoms with Crippen LogP contribution in [-0.4, -0.2) is 85.6 Å². The molecule has 0 radical (unpaired) electrons. The molecule has 0 aliphatic carbocycles. The molecule has 0 bridgehead atoms. The number of Topliss-reactive ketones (excluding diaryl/α,β-unsaturated/α-hetero) is 1. The molecular weight excluding hydrogens is 720 g/mol. The standard InChI is InChI=1S/C33H37Cl4N5O7/c1-17(2)28(39-30(45)24-14-19(43)16-42(24)32(47)48-33(3,4)5)25(44)10-12-41(31(46)29(36)37)18-9-11-38-22(13-18)26-15-23(40-49-26)27-20(34)7-6-8-21(27)35/h6-9,11,13,15,17,19,24,28-29,43H,10,12,14,16H2,1-5H3,(H,39,45). The van der Waals surface area contributed by atoms with E-state index in [0.717, 1.165) is 4.90 Å². The Balaban J connectivity index is 1.51. The molecule has 1 aliphatic rings. The fourth-order valence-corrected chi connectivity index (χ4v) is 6.12. The summed E-state index contributed by atoms with van der Waals surface area (Å²) in [7, 11) is 0. The van der Waals surface area contributed by atoms with Crippen LogP contribution in [0.25, 0.3) is 22.7 Å². The first-order valence-corrected chi connectivity index (χ1v) is 17.1. The van der Waals surface area contributed by atoms with Gasteiger partial charge in [-0.1, -0.05) is 71.5 Å². The van der Waals surface area contributed by atoms with E-state index in [9.17, 15) is 24.3 Å². The number of aliphatic hydroxyl groups is 1. The first-order chi connectivity index (χ1) is 23.0. The van der Waals surface area contributed by atoms with Gasteiger partial charge in [0.15, 0.2) is 16.4 Å². The molecule has 49 heavy (non-hydrogen) atoms. The van der Waals surface area contributed by atoms with E-state index in [0.29, 0.717) is 32.7 Å². The number of rotatable bonds is 11. The quantitative estimate of drug-likeness (QED) is 0.214. The summed E-state index contributed by atoms with van der Waals surface area (Å²) in [4.78, 5) is 58.2. The molecule has 3 aromatic rings. The third-order valence-electron chi connectivity index (χ3n) is 7.59. The van der Waals surface area contributed by atoms with Gasteiger partial charge in [0.1, 0.15) is 23.0 Å². The Kier molecular flexibility index (Phi) is 12.6. The van der Waals surface area contributed by atoms with E-state index in [1.165, 1.54) is 11.1 Å². The average molecular weight is 757 g/mol. The van der Waals surface area contributed by atoms with Gasteiger partial charge >= 0.3 is 6.09 Å². The van der Waals surface area contributed by atoms with Crippen molar-refractivity contribution in [3.63, 3.8) is 0 Å². The highest BCUT2D eigenvalue weighted by atomic mass is 35.5. The fourth-order valence-electron chi connectivity index (χ4n) is 5.29. The zero-order chi connectivity index (χ0) is 36.2. The number of benzene rings is 1. The van der Waals surface area contributed by atoms with E-state index in [4.69, 9.17) is 55.7 Å². The van der Waals surface area contributed by atoms with Crippen molar-refractivity contribution in [2.24, 2.45) is 5.92 Å². The number of hydrogen-bond acceptors (Lipinski definition) is 9. The largest absolute Gasteiger partial charge is 0.444 e. The number of anilines is 1. The Morgan fingerprint density at radius 1 is 1.10 bits per heavy atom. The van der Waals surface area contributed by atoms with Gasteiger partial charge in [-0.3, -0.25) is 24.3 Å². The predicted molar refractivity (Wildman–Crippen MR) is 187 cm³/mol. The van der Waals surface area contributed by atoms with Crippen LogP contribution in [-0.2, 0) is 19.1 Å². The maximum absolute atomic E-state index is 13.6. The van der Waals surface area contributed by atoms with Gasteiger partial charge in [0.05, 0.1) is 28.7 Å². The molecule has 16 heteroatoms. The van der Waals surface area contributed by atoms with Crippen molar-refractivity contribution in [3.05, 3.63) is 52.6 Å². The molecule has 3 heterocycles. The van der Waals surface area contributed by atoms with Gasteiger partial charge in [-0.15, -0.1) is 0 Å². The number of pyridine rings is 1. The normalized spacial score (nSPS) is 16.9. The van der Waals surface area contributed by atoms with Gasteiger partial charge in [0, 0.05) is 42.9 Å². The summed E-state index contributed by atoms with van der Waals surface area (Å²) in [5.74, 6) is -1.77. The van der Waals surface area contributed by atoms with E-state index < -0.39 is 46.5 Å². The molecule has 0 saturated carbocycles. The highest BCUT2D eigenvalue weighted by Crippen LogP contribution is 2.36. The number of likely N-dealkylation sites (tertiary alicyclic amines) is 1. The number of carbonyl (C=O) groups is 4. The van der Waals surface area contributed by atoms with Crippen LogP contribution in [0.5, 0.6) is 0 Å². The van der Waals surface area contributed by atoms with E-state index >= 15 is 0 Å². The summed E-state index contributed by atoms with van der Waals surface area (Å²) in [6.07, 6.45) is -0.431. The van der Waals surface area contributed by atoms with Crippen LogP contribution in [0.4, 0.5) is 10.5 Å². The van der Waals surface area contributed by atoms with Crippen LogP contribution < -0.4 is 10.2 Å². The molecule has 1 saturated heterocycles. The molecule has 0 spiro atoms. The molecule has 2 aromatic heterocycles. The fraction of sp³-hybridized carbons (Fsp3) is 0.455. The van der Waals surface area contributed by atoms with E-state index in [1.54, 1.807) is 71.0 Å². The first-order valence-electron chi connectivity index (χ1n) is 15.4. The molecule has 2 N–H and O–H groups in total. The summed E-state index contributed by atoms with van der Waals surface area (Å²) in [5.41, 5.74) is 0.675. The number of β-amino-alcohol motifs (C(OH)–C–C–N with tert-alkyl or cyclic N) is 1. The lowest BCUT2D eigenvalue weighted by Gasteiger charge is -2.30. The van der Waals surface area contributed by atoms with Crippen molar-refractivity contribution in [1.29, 1.82) is 0 Å². The van der Waals surface area contributed by atoms with Gasteiger partial charge in [-0.2, -0.15) is 0 Å². The van der Waals surface area contributed by atoms with Crippen molar-refractivity contribution in [2.75, 3.05) is 18.0 Å². The van der Waals surface area contributed by atoms with E-state index in [2.05, 4.69) is 15.5 Å². The Morgan fingerprint density at radius 2 is 1.78 bits per heavy atom. The van der Waals surface area contributed by atoms with E-state index in [-0.39, 0.29) is 43.4 Å². The minimum absolute atomic E-state index is 0.0122. The maximum atomic E-state index is 13.6. The molecule has 3 atom stereocenters. The van der Waals surface area contributed by atoms with Crippen LogP contribution in [0.1, 0.15) is 47.5 Å². The number of aromatic nitrogens is 2. The Labute approximate surface area is 303 Å². The minimum atomic E-state index is -1.45. The number of amides is 3. The molecule has 3 unspecified atom stereocenters. The second-order valence-electron chi connectivity index (χ2n) is 12.8. The monoisotopic (exact) mass is 755 g/mol. The lowest BCUT2D eigenvalue weighted by Crippen LogP contribution is -2.53. The summed E-state index contributed by atoms with van der Waals surface area (Å²) < 4.78 is 10.9. The maximum Gasteiger partial charge on any atom is 0.411 e. The number of ether oxygens (including phenoxy) is 1. The number of nitrogens with one attached hydrogen (secondary N) is 1. The van der Waals surface area contributed by atoms with Crippen molar-refractivity contribution in [2.45, 2.75) is 76.1 Å². The first kappa shape index (κ1) is 38.4. The van der Waals surface area contributed by atoms with Crippen LogP contribution >= 0.6 is 46.4 Å². The topological polar surface area (TPSA) is 155 Å². The lowest BCUT2D eigenvalue weighted by molar-refractivity contribution is -0.131. The lowest BCUT2D eigenvalue weighted by atomic mass is 9.97. The third kappa shape index (κ3) is 9.64. The Hall–Kier alpha value is -3.42.